The quantitative estimate of drug-likeness (QED) is 0.848. The van der Waals surface area contributed by atoms with E-state index in [1.165, 1.54) is 11.5 Å². The summed E-state index contributed by atoms with van der Waals surface area (Å²) >= 11 is 0. The lowest BCUT2D eigenvalue weighted by Crippen LogP contribution is -2.20. The Labute approximate surface area is 108 Å². The van der Waals surface area contributed by atoms with Gasteiger partial charge >= 0.3 is 5.97 Å². The zero-order chi connectivity index (χ0) is 13.7. The number of carboxylic acid groups (broad SMARTS) is 1. The standard InChI is InChI=1S/C14H11NO4/c1-7(16)15-6-10-9(14(18)19)5-12(17)8-3-2-4-11(15)13(8)10/h2-4,6,9H,5H2,1H3,(H,18,19)/t9-/m0/s1. The van der Waals surface area contributed by atoms with Crippen molar-refractivity contribution in [1.82, 2.24) is 4.57 Å². The summed E-state index contributed by atoms with van der Waals surface area (Å²) in [7, 11) is 0. The van der Waals surface area contributed by atoms with Gasteiger partial charge in [0.15, 0.2) is 5.78 Å². The number of aromatic nitrogens is 1. The first-order valence-electron chi connectivity index (χ1n) is 5.91. The van der Waals surface area contributed by atoms with Crippen LogP contribution in [0.15, 0.2) is 24.4 Å². The molecule has 1 heterocycles. The molecular weight excluding hydrogens is 246 g/mol. The van der Waals surface area contributed by atoms with Crippen molar-refractivity contribution in [1.29, 1.82) is 0 Å². The van der Waals surface area contributed by atoms with Gasteiger partial charge in [-0.25, -0.2) is 0 Å². The van der Waals surface area contributed by atoms with Crippen LogP contribution in [0.4, 0.5) is 0 Å². The molecule has 0 aliphatic heterocycles. The van der Waals surface area contributed by atoms with Crippen LogP contribution in [0.2, 0.25) is 0 Å². The molecule has 0 radical (unpaired) electrons. The van der Waals surface area contributed by atoms with Crippen molar-refractivity contribution < 1.29 is 19.5 Å². The molecule has 1 aliphatic rings. The number of aliphatic carboxylic acids is 1. The van der Waals surface area contributed by atoms with Gasteiger partial charge in [0.25, 0.3) is 0 Å². The topological polar surface area (TPSA) is 76.4 Å². The largest absolute Gasteiger partial charge is 0.481 e. The molecule has 19 heavy (non-hydrogen) atoms. The van der Waals surface area contributed by atoms with Crippen LogP contribution in [0.25, 0.3) is 10.9 Å². The highest BCUT2D eigenvalue weighted by atomic mass is 16.4. The third kappa shape index (κ3) is 1.51. The molecule has 1 aliphatic carbocycles. The summed E-state index contributed by atoms with van der Waals surface area (Å²) in [6.07, 6.45) is 1.49. The van der Waals surface area contributed by atoms with Crippen LogP contribution in [-0.4, -0.2) is 27.3 Å². The first-order chi connectivity index (χ1) is 9.00. The summed E-state index contributed by atoms with van der Waals surface area (Å²) in [5.74, 6) is -2.30. The minimum Gasteiger partial charge on any atom is -0.481 e. The van der Waals surface area contributed by atoms with E-state index in [9.17, 15) is 19.5 Å². The Balaban J connectivity index is 2.43. The molecule has 5 nitrogen and oxygen atoms in total. The molecule has 0 unspecified atom stereocenters. The molecule has 0 saturated carbocycles. The predicted molar refractivity (Wildman–Crippen MR) is 67.6 cm³/mol. The molecule has 1 aromatic heterocycles. The number of rotatable bonds is 1. The first-order valence-corrected chi connectivity index (χ1v) is 5.91. The molecule has 0 amide bonds. The zero-order valence-corrected chi connectivity index (χ0v) is 10.2. The highest BCUT2D eigenvalue weighted by molar-refractivity contribution is 6.15. The third-order valence-electron chi connectivity index (χ3n) is 3.56. The van der Waals surface area contributed by atoms with Gasteiger partial charge in [0.2, 0.25) is 5.91 Å². The Hall–Kier alpha value is -2.43. The number of Topliss-reactive ketones (excluding diaryl/α,β-unsaturated/α-hetero) is 1. The van der Waals surface area contributed by atoms with Crippen LogP contribution < -0.4 is 0 Å². The van der Waals surface area contributed by atoms with Gasteiger partial charge in [-0.15, -0.1) is 0 Å². The van der Waals surface area contributed by atoms with E-state index in [0.717, 1.165) is 0 Å². The van der Waals surface area contributed by atoms with Crippen LogP contribution in [0.3, 0.4) is 0 Å². The van der Waals surface area contributed by atoms with E-state index in [1.807, 2.05) is 0 Å². The molecule has 1 N–H and O–H groups in total. The van der Waals surface area contributed by atoms with Gasteiger partial charge in [-0.2, -0.15) is 0 Å². The molecule has 96 valence electrons. The molecule has 2 aromatic rings. The van der Waals surface area contributed by atoms with E-state index in [1.54, 1.807) is 24.4 Å². The average Bonchev–Trinajstić information content (AvgIpc) is 2.74. The van der Waals surface area contributed by atoms with Crippen LogP contribution >= 0.6 is 0 Å². The molecule has 1 atom stereocenters. The Morgan fingerprint density at radius 1 is 1.37 bits per heavy atom. The fourth-order valence-electron chi connectivity index (χ4n) is 2.70. The van der Waals surface area contributed by atoms with E-state index in [4.69, 9.17) is 0 Å². The number of carbonyl (C=O) groups is 3. The second kappa shape index (κ2) is 3.78. The molecule has 0 saturated heterocycles. The van der Waals surface area contributed by atoms with Gasteiger partial charge in [-0.3, -0.25) is 19.0 Å². The van der Waals surface area contributed by atoms with Crippen LogP contribution in [0.1, 0.15) is 40.0 Å². The lowest BCUT2D eigenvalue weighted by Gasteiger charge is -2.17. The number of hydrogen-bond acceptors (Lipinski definition) is 3. The van der Waals surface area contributed by atoms with Crippen molar-refractivity contribution in [3.05, 3.63) is 35.5 Å². The summed E-state index contributed by atoms with van der Waals surface area (Å²) in [5.41, 5.74) is 1.65. The molecule has 1 aromatic carbocycles. The van der Waals surface area contributed by atoms with Crippen LogP contribution in [0.5, 0.6) is 0 Å². The third-order valence-corrected chi connectivity index (χ3v) is 3.56. The fraction of sp³-hybridized carbons (Fsp3) is 0.214. The van der Waals surface area contributed by atoms with E-state index < -0.39 is 11.9 Å². The Morgan fingerprint density at radius 3 is 2.74 bits per heavy atom. The molecule has 0 spiro atoms. The monoisotopic (exact) mass is 257 g/mol. The summed E-state index contributed by atoms with van der Waals surface area (Å²) in [6, 6.07) is 5.11. The van der Waals surface area contributed by atoms with E-state index in [2.05, 4.69) is 0 Å². The van der Waals surface area contributed by atoms with Crippen molar-refractivity contribution >= 4 is 28.6 Å². The molecule has 3 rings (SSSR count). The minimum atomic E-state index is -1.04. The maximum Gasteiger partial charge on any atom is 0.311 e. The van der Waals surface area contributed by atoms with Crippen molar-refractivity contribution in [2.24, 2.45) is 0 Å². The summed E-state index contributed by atoms with van der Waals surface area (Å²) in [4.78, 5) is 34.9. The van der Waals surface area contributed by atoms with Gasteiger partial charge in [-0.05, 0) is 11.6 Å². The molecule has 0 bridgehead atoms. The average molecular weight is 257 g/mol. The van der Waals surface area contributed by atoms with Crippen LogP contribution in [0, 0.1) is 0 Å². The summed E-state index contributed by atoms with van der Waals surface area (Å²) in [5, 5.41) is 9.83. The number of ketones is 1. The molecular formula is C14H11NO4. The Bertz CT molecular complexity index is 741. The van der Waals surface area contributed by atoms with Gasteiger partial charge in [-0.1, -0.05) is 12.1 Å². The van der Waals surface area contributed by atoms with Crippen molar-refractivity contribution in [2.75, 3.05) is 0 Å². The second-order valence-corrected chi connectivity index (χ2v) is 4.69. The smallest absolute Gasteiger partial charge is 0.311 e. The van der Waals surface area contributed by atoms with Gasteiger partial charge < -0.3 is 5.11 Å². The molecule has 5 heteroatoms. The Morgan fingerprint density at radius 2 is 2.11 bits per heavy atom. The number of nitrogens with zero attached hydrogens (tertiary/aromatic N) is 1. The fourth-order valence-corrected chi connectivity index (χ4v) is 2.70. The van der Waals surface area contributed by atoms with Gasteiger partial charge in [0.05, 0.1) is 11.4 Å². The maximum atomic E-state index is 12.0. The molecule has 0 fully saturated rings. The SMILES string of the molecule is CC(=O)n1cc2c3c(cccc31)C(=O)C[C@@H]2C(=O)O. The van der Waals surface area contributed by atoms with E-state index in [0.29, 0.717) is 22.0 Å². The van der Waals surface area contributed by atoms with Crippen molar-refractivity contribution in [3.8, 4) is 0 Å². The van der Waals surface area contributed by atoms with Crippen LogP contribution in [-0.2, 0) is 4.79 Å². The first kappa shape index (κ1) is 11.6. The lowest BCUT2D eigenvalue weighted by atomic mass is 9.84. The Kier molecular flexibility index (Phi) is 2.32. The maximum absolute atomic E-state index is 12.0. The zero-order valence-electron chi connectivity index (χ0n) is 10.2. The number of carbonyl (C=O) groups excluding carboxylic acids is 2. The second-order valence-electron chi connectivity index (χ2n) is 4.69. The highest BCUT2D eigenvalue weighted by Crippen LogP contribution is 2.38. The van der Waals surface area contributed by atoms with E-state index in [-0.39, 0.29) is 18.1 Å². The van der Waals surface area contributed by atoms with Crippen molar-refractivity contribution in [3.63, 3.8) is 0 Å². The summed E-state index contributed by atoms with van der Waals surface area (Å²) in [6.45, 7) is 1.41. The minimum absolute atomic E-state index is 0.0522. The normalized spacial score (nSPS) is 17.7. The summed E-state index contributed by atoms with van der Waals surface area (Å²) < 4.78 is 1.41. The van der Waals surface area contributed by atoms with E-state index >= 15 is 0 Å². The highest BCUT2D eigenvalue weighted by Gasteiger charge is 2.34. The predicted octanol–water partition coefficient (Wildman–Crippen LogP) is 2.06. The lowest BCUT2D eigenvalue weighted by molar-refractivity contribution is -0.138. The number of carboxylic acids is 1. The van der Waals surface area contributed by atoms with Gasteiger partial charge in [0, 0.05) is 30.5 Å². The van der Waals surface area contributed by atoms with Gasteiger partial charge in [0.1, 0.15) is 0 Å². The number of hydrogen-bond donors (Lipinski definition) is 1. The number of benzene rings is 1. The van der Waals surface area contributed by atoms with Crippen molar-refractivity contribution in [2.45, 2.75) is 19.3 Å².